The molecule has 0 atom stereocenters. The first-order valence-corrected chi connectivity index (χ1v) is 12.3. The number of thioether (sulfide) groups is 1. The normalized spacial score (nSPS) is 11.2. The smallest absolute Gasteiger partial charge is 0.267 e. The van der Waals surface area contributed by atoms with Crippen molar-refractivity contribution < 1.29 is 9.59 Å². The molecule has 0 bridgehead atoms. The summed E-state index contributed by atoms with van der Waals surface area (Å²) < 4.78 is 3.38. The van der Waals surface area contributed by atoms with E-state index in [2.05, 4.69) is 15.5 Å². The molecule has 1 N–H and O–H groups in total. The molecule has 0 aliphatic carbocycles. The van der Waals surface area contributed by atoms with E-state index >= 15 is 0 Å². The lowest BCUT2D eigenvalue weighted by molar-refractivity contribution is -0.113. The summed E-state index contributed by atoms with van der Waals surface area (Å²) in [4.78, 5) is 38.2. The molecule has 3 aromatic carbocycles. The average molecular weight is 498 g/mol. The van der Waals surface area contributed by atoms with Gasteiger partial charge in [0, 0.05) is 5.56 Å². The summed E-state index contributed by atoms with van der Waals surface area (Å²) in [6.07, 6.45) is 0. The van der Waals surface area contributed by atoms with Crippen LogP contribution in [0, 0.1) is 13.8 Å². The van der Waals surface area contributed by atoms with Gasteiger partial charge in [-0.1, -0.05) is 48.2 Å². The van der Waals surface area contributed by atoms with Crippen LogP contribution in [0.2, 0.25) is 0 Å². The Morgan fingerprint density at radius 1 is 0.972 bits per heavy atom. The molecule has 2 aromatic heterocycles. The molecule has 0 aliphatic heterocycles. The number of hydrogen-bond donors (Lipinski definition) is 1. The highest BCUT2D eigenvalue weighted by Gasteiger charge is 2.20. The van der Waals surface area contributed by atoms with Crippen molar-refractivity contribution in [1.29, 1.82) is 0 Å². The Bertz CT molecular complexity index is 1720. The number of aromatic nitrogens is 4. The van der Waals surface area contributed by atoms with Crippen LogP contribution in [0.15, 0.2) is 76.7 Å². The van der Waals surface area contributed by atoms with Gasteiger partial charge in [-0.15, -0.1) is 10.2 Å². The van der Waals surface area contributed by atoms with Crippen LogP contribution in [0.5, 0.6) is 0 Å². The minimum Gasteiger partial charge on any atom is -0.325 e. The maximum absolute atomic E-state index is 13.6. The number of amides is 1. The Hall–Kier alpha value is -4.24. The van der Waals surface area contributed by atoms with Gasteiger partial charge in [0.25, 0.3) is 5.56 Å². The third-order valence-corrected chi connectivity index (χ3v) is 6.84. The maximum Gasteiger partial charge on any atom is 0.267 e. The number of hydrogen-bond acceptors (Lipinski definition) is 6. The Labute approximate surface area is 211 Å². The van der Waals surface area contributed by atoms with E-state index in [-0.39, 0.29) is 23.0 Å². The minimum atomic E-state index is -0.280. The van der Waals surface area contributed by atoms with Gasteiger partial charge in [-0.05, 0) is 62.2 Å². The number of rotatable bonds is 6. The molecule has 0 saturated heterocycles. The number of fused-ring (bicyclic) bond motifs is 3. The maximum atomic E-state index is 13.6. The monoisotopic (exact) mass is 497 g/mol. The Morgan fingerprint density at radius 3 is 2.53 bits per heavy atom. The van der Waals surface area contributed by atoms with Crippen molar-refractivity contribution in [3.63, 3.8) is 0 Å². The van der Waals surface area contributed by atoms with Gasteiger partial charge in [0.1, 0.15) is 0 Å². The predicted octanol–water partition coefficient (Wildman–Crippen LogP) is 4.58. The molecule has 8 nitrogen and oxygen atoms in total. The average Bonchev–Trinajstić information content (AvgIpc) is 3.29. The summed E-state index contributed by atoms with van der Waals surface area (Å²) in [5.41, 5.74) is 4.08. The van der Waals surface area contributed by atoms with Crippen LogP contribution in [0.1, 0.15) is 28.4 Å². The fourth-order valence-corrected chi connectivity index (χ4v) is 4.91. The molecule has 0 unspecified atom stereocenters. The summed E-state index contributed by atoms with van der Waals surface area (Å²) in [5, 5.41) is 12.5. The number of ketones is 1. The van der Waals surface area contributed by atoms with Crippen LogP contribution in [0.25, 0.3) is 22.4 Å². The fourth-order valence-electron chi connectivity index (χ4n) is 4.17. The molecule has 180 valence electrons. The number of benzene rings is 3. The Morgan fingerprint density at radius 2 is 1.72 bits per heavy atom. The number of Topliss-reactive ketones (excluding diaryl/α,β-unsaturated/α-hetero) is 1. The number of nitrogens with one attached hydrogen (secondary N) is 1. The van der Waals surface area contributed by atoms with E-state index in [0.717, 1.165) is 16.8 Å². The number of carbonyl (C=O) groups excluding carboxylic acids is 2. The summed E-state index contributed by atoms with van der Waals surface area (Å²) in [7, 11) is 0. The molecule has 0 saturated carbocycles. The number of para-hydroxylation sites is 2. The first-order chi connectivity index (χ1) is 17.3. The number of anilines is 1. The van der Waals surface area contributed by atoms with Crippen molar-refractivity contribution in [3.8, 4) is 5.69 Å². The quantitative estimate of drug-likeness (QED) is 0.272. The molecule has 1 amide bonds. The molecular weight excluding hydrogens is 474 g/mol. The highest BCUT2D eigenvalue weighted by Crippen LogP contribution is 2.25. The van der Waals surface area contributed by atoms with Crippen LogP contribution < -0.4 is 10.9 Å². The second-order valence-corrected chi connectivity index (χ2v) is 9.45. The van der Waals surface area contributed by atoms with Crippen molar-refractivity contribution in [2.24, 2.45) is 0 Å². The lowest BCUT2D eigenvalue weighted by Crippen LogP contribution is -2.22. The molecule has 0 fully saturated rings. The van der Waals surface area contributed by atoms with Gasteiger partial charge in [-0.2, -0.15) is 0 Å². The first kappa shape index (κ1) is 23.5. The second-order valence-electron chi connectivity index (χ2n) is 8.50. The third-order valence-electron chi connectivity index (χ3n) is 5.91. The van der Waals surface area contributed by atoms with Crippen molar-refractivity contribution in [3.05, 3.63) is 93.8 Å². The second kappa shape index (κ2) is 9.43. The summed E-state index contributed by atoms with van der Waals surface area (Å²) in [6, 6.07) is 20.1. The van der Waals surface area contributed by atoms with Gasteiger partial charge in [0.2, 0.25) is 11.7 Å². The number of carbonyl (C=O) groups is 2. The molecular formula is C27H23N5O3S. The molecule has 36 heavy (non-hydrogen) atoms. The third kappa shape index (κ3) is 4.18. The summed E-state index contributed by atoms with van der Waals surface area (Å²) >= 11 is 1.21. The molecule has 0 aliphatic rings. The van der Waals surface area contributed by atoms with Crippen molar-refractivity contribution in [1.82, 2.24) is 19.2 Å². The van der Waals surface area contributed by atoms with Gasteiger partial charge in [0.15, 0.2) is 10.9 Å². The fraction of sp³-hybridized carbons (Fsp3) is 0.148. The standard InChI is InChI=1S/C27H23N5O3S/c1-16-12-13-17(2)23(14-16)31-25(35)20-9-5-7-11-22(20)32-26(31)29-30-27(32)36-15-24(34)28-21-10-6-4-8-19(21)18(3)33/h4-14H,15H2,1-3H3,(H,28,34). The largest absolute Gasteiger partial charge is 0.325 e. The zero-order valence-electron chi connectivity index (χ0n) is 20.0. The van der Waals surface area contributed by atoms with Crippen molar-refractivity contribution in [2.45, 2.75) is 25.9 Å². The molecule has 0 radical (unpaired) electrons. The highest BCUT2D eigenvalue weighted by atomic mass is 32.2. The topological polar surface area (TPSA) is 98.4 Å². The van der Waals surface area contributed by atoms with Crippen LogP contribution in [-0.4, -0.2) is 36.6 Å². The molecule has 5 aromatic rings. The lowest BCUT2D eigenvalue weighted by Gasteiger charge is -2.14. The molecule has 0 spiro atoms. The van der Waals surface area contributed by atoms with Gasteiger partial charge < -0.3 is 5.32 Å². The van der Waals surface area contributed by atoms with E-state index < -0.39 is 0 Å². The lowest BCUT2D eigenvalue weighted by atomic mass is 10.1. The number of nitrogens with zero attached hydrogens (tertiary/aromatic N) is 4. The summed E-state index contributed by atoms with van der Waals surface area (Å²) in [5.74, 6) is 0.0111. The van der Waals surface area contributed by atoms with Gasteiger partial charge in [0.05, 0.1) is 28.0 Å². The molecule has 2 heterocycles. The van der Waals surface area contributed by atoms with Crippen LogP contribution in [0.3, 0.4) is 0 Å². The first-order valence-electron chi connectivity index (χ1n) is 11.3. The summed E-state index contributed by atoms with van der Waals surface area (Å²) in [6.45, 7) is 5.38. The SMILES string of the molecule is CC(=O)c1ccccc1NC(=O)CSc1nnc2n(-c3cc(C)ccc3C)c(=O)c3ccccc3n12. The van der Waals surface area contributed by atoms with E-state index in [9.17, 15) is 14.4 Å². The highest BCUT2D eigenvalue weighted by molar-refractivity contribution is 7.99. The van der Waals surface area contributed by atoms with Crippen molar-refractivity contribution in [2.75, 3.05) is 11.1 Å². The van der Waals surface area contributed by atoms with Gasteiger partial charge in [-0.25, -0.2) is 4.57 Å². The van der Waals surface area contributed by atoms with Crippen LogP contribution in [-0.2, 0) is 4.79 Å². The number of aryl methyl sites for hydroxylation is 2. The predicted molar refractivity (Wildman–Crippen MR) is 141 cm³/mol. The zero-order valence-corrected chi connectivity index (χ0v) is 20.8. The van der Waals surface area contributed by atoms with Gasteiger partial charge in [-0.3, -0.25) is 18.8 Å². The zero-order chi connectivity index (χ0) is 25.4. The van der Waals surface area contributed by atoms with E-state index in [0.29, 0.717) is 33.1 Å². The van der Waals surface area contributed by atoms with E-state index in [1.54, 1.807) is 39.3 Å². The molecule has 9 heteroatoms. The van der Waals surface area contributed by atoms with Crippen molar-refractivity contribution >= 4 is 45.8 Å². The molecule has 5 rings (SSSR count). The Balaban J connectivity index is 1.56. The van der Waals surface area contributed by atoms with Crippen LogP contribution in [0.4, 0.5) is 5.69 Å². The van der Waals surface area contributed by atoms with E-state index in [4.69, 9.17) is 0 Å². The van der Waals surface area contributed by atoms with E-state index in [1.807, 2.05) is 50.2 Å². The van der Waals surface area contributed by atoms with Gasteiger partial charge >= 0.3 is 0 Å². The van der Waals surface area contributed by atoms with E-state index in [1.165, 1.54) is 18.7 Å². The minimum absolute atomic E-state index is 0.0456. The van der Waals surface area contributed by atoms with Crippen LogP contribution >= 0.6 is 11.8 Å². The Kier molecular flexibility index (Phi) is 6.15.